The Hall–Kier alpha value is -2.94. The maximum absolute atomic E-state index is 12.6. The standard InChI is InChI=1S/C15H8ClF3N4O2/c16-13-11(25-10-2-1-5-20-7-10)8-22-23(14(13)24)12-4-3-9(6-21-12)15(17,18)19/h1-8H. The van der Waals surface area contributed by atoms with Crippen LogP contribution in [0, 0.1) is 0 Å². The Bertz CT molecular complexity index is 944. The second kappa shape index (κ2) is 6.52. The molecule has 0 aliphatic carbocycles. The molecule has 0 fully saturated rings. The van der Waals surface area contributed by atoms with E-state index in [-0.39, 0.29) is 16.6 Å². The van der Waals surface area contributed by atoms with Crippen LogP contribution in [-0.2, 0) is 6.18 Å². The van der Waals surface area contributed by atoms with Gasteiger partial charge in [0.05, 0.1) is 18.0 Å². The molecule has 0 aromatic carbocycles. The molecule has 0 bridgehead atoms. The Morgan fingerprint density at radius 1 is 1.12 bits per heavy atom. The number of hydrogen-bond donors (Lipinski definition) is 0. The van der Waals surface area contributed by atoms with E-state index >= 15 is 0 Å². The van der Waals surface area contributed by atoms with E-state index in [0.717, 1.165) is 23.0 Å². The summed E-state index contributed by atoms with van der Waals surface area (Å²) in [4.78, 5) is 19.7. The summed E-state index contributed by atoms with van der Waals surface area (Å²) in [7, 11) is 0. The fraction of sp³-hybridized carbons (Fsp3) is 0.0667. The van der Waals surface area contributed by atoms with Gasteiger partial charge in [0, 0.05) is 12.4 Å². The Labute approximate surface area is 143 Å². The number of rotatable bonds is 3. The minimum atomic E-state index is -4.52. The summed E-state index contributed by atoms with van der Waals surface area (Å²) in [5.41, 5.74) is -1.72. The second-order valence-electron chi connectivity index (χ2n) is 4.73. The van der Waals surface area contributed by atoms with Gasteiger partial charge >= 0.3 is 6.18 Å². The SMILES string of the molecule is O=c1c(Cl)c(Oc2cccnc2)cnn1-c1ccc(C(F)(F)F)cn1. The van der Waals surface area contributed by atoms with Crippen molar-refractivity contribution in [2.75, 3.05) is 0 Å². The highest BCUT2D eigenvalue weighted by molar-refractivity contribution is 6.31. The van der Waals surface area contributed by atoms with Gasteiger partial charge in [-0.25, -0.2) is 4.98 Å². The number of aromatic nitrogens is 4. The zero-order valence-corrected chi connectivity index (χ0v) is 13.0. The maximum atomic E-state index is 12.6. The molecule has 0 spiro atoms. The highest BCUT2D eigenvalue weighted by Crippen LogP contribution is 2.29. The molecule has 6 nitrogen and oxygen atoms in total. The van der Waals surface area contributed by atoms with Crippen LogP contribution in [0.3, 0.4) is 0 Å². The van der Waals surface area contributed by atoms with Crippen LogP contribution in [0.4, 0.5) is 13.2 Å². The Morgan fingerprint density at radius 3 is 2.52 bits per heavy atom. The van der Waals surface area contributed by atoms with Crippen molar-refractivity contribution in [3.05, 3.63) is 70.0 Å². The second-order valence-corrected chi connectivity index (χ2v) is 5.11. The van der Waals surface area contributed by atoms with Gasteiger partial charge in [0.1, 0.15) is 5.75 Å². The summed E-state index contributed by atoms with van der Waals surface area (Å²) < 4.78 is 43.9. The zero-order chi connectivity index (χ0) is 18.0. The molecule has 0 amide bonds. The van der Waals surface area contributed by atoms with Crippen LogP contribution in [0.1, 0.15) is 5.56 Å². The van der Waals surface area contributed by atoms with Crippen LogP contribution in [0.5, 0.6) is 11.5 Å². The molecule has 3 aromatic heterocycles. The number of halogens is 4. The van der Waals surface area contributed by atoms with E-state index in [4.69, 9.17) is 16.3 Å². The largest absolute Gasteiger partial charge is 0.452 e. The van der Waals surface area contributed by atoms with Gasteiger partial charge in [-0.3, -0.25) is 9.78 Å². The molecular weight excluding hydrogens is 361 g/mol. The molecule has 0 saturated heterocycles. The summed E-state index contributed by atoms with van der Waals surface area (Å²) in [6.07, 6.45) is 0.205. The Balaban J connectivity index is 1.94. The lowest BCUT2D eigenvalue weighted by atomic mass is 10.3. The van der Waals surface area contributed by atoms with Crippen LogP contribution in [0.2, 0.25) is 5.02 Å². The monoisotopic (exact) mass is 368 g/mol. The molecule has 3 rings (SSSR count). The number of alkyl halides is 3. The van der Waals surface area contributed by atoms with E-state index in [1.165, 1.54) is 6.20 Å². The summed E-state index contributed by atoms with van der Waals surface area (Å²) in [5, 5.41) is 3.54. The topological polar surface area (TPSA) is 69.9 Å². The summed E-state index contributed by atoms with van der Waals surface area (Å²) in [6.45, 7) is 0. The van der Waals surface area contributed by atoms with E-state index in [9.17, 15) is 18.0 Å². The average molecular weight is 369 g/mol. The van der Waals surface area contributed by atoms with Gasteiger partial charge in [0.2, 0.25) is 0 Å². The van der Waals surface area contributed by atoms with Crippen molar-refractivity contribution in [1.82, 2.24) is 19.7 Å². The molecule has 0 saturated carbocycles. The lowest BCUT2D eigenvalue weighted by Crippen LogP contribution is -2.23. The van der Waals surface area contributed by atoms with E-state index < -0.39 is 17.3 Å². The molecule has 0 N–H and O–H groups in total. The molecule has 25 heavy (non-hydrogen) atoms. The van der Waals surface area contributed by atoms with Crippen molar-refractivity contribution < 1.29 is 17.9 Å². The van der Waals surface area contributed by atoms with Gasteiger partial charge < -0.3 is 4.74 Å². The fourth-order valence-electron chi connectivity index (χ4n) is 1.87. The first-order chi connectivity index (χ1) is 11.9. The lowest BCUT2D eigenvalue weighted by Gasteiger charge is -2.10. The first-order valence-electron chi connectivity index (χ1n) is 6.75. The van der Waals surface area contributed by atoms with Crippen LogP contribution >= 0.6 is 11.6 Å². The first-order valence-corrected chi connectivity index (χ1v) is 7.13. The predicted octanol–water partition coefficient (Wildman–Crippen LogP) is 3.49. The van der Waals surface area contributed by atoms with E-state index in [1.807, 2.05) is 0 Å². The van der Waals surface area contributed by atoms with Gasteiger partial charge in [0.15, 0.2) is 16.6 Å². The van der Waals surface area contributed by atoms with Crippen molar-refractivity contribution in [3.63, 3.8) is 0 Å². The molecule has 0 radical (unpaired) electrons. The van der Waals surface area contributed by atoms with Crippen LogP contribution < -0.4 is 10.3 Å². The number of pyridine rings is 2. The molecule has 3 heterocycles. The highest BCUT2D eigenvalue weighted by Gasteiger charge is 2.30. The molecule has 0 atom stereocenters. The number of hydrogen-bond acceptors (Lipinski definition) is 5. The maximum Gasteiger partial charge on any atom is 0.417 e. The molecule has 128 valence electrons. The lowest BCUT2D eigenvalue weighted by molar-refractivity contribution is -0.137. The molecule has 0 unspecified atom stereocenters. The van der Waals surface area contributed by atoms with Gasteiger partial charge in [0.25, 0.3) is 5.56 Å². The van der Waals surface area contributed by atoms with Crippen LogP contribution in [0.15, 0.2) is 53.8 Å². The van der Waals surface area contributed by atoms with Crippen molar-refractivity contribution in [3.8, 4) is 17.3 Å². The number of nitrogens with zero attached hydrogens (tertiary/aromatic N) is 4. The van der Waals surface area contributed by atoms with Gasteiger partial charge in [-0.1, -0.05) is 11.6 Å². The molecule has 3 aromatic rings. The normalized spacial score (nSPS) is 11.4. The number of ether oxygens (including phenoxy) is 1. The van der Waals surface area contributed by atoms with Crippen molar-refractivity contribution >= 4 is 11.6 Å². The van der Waals surface area contributed by atoms with Crippen molar-refractivity contribution in [2.45, 2.75) is 6.18 Å². The van der Waals surface area contributed by atoms with Crippen molar-refractivity contribution in [2.24, 2.45) is 0 Å². The Kier molecular flexibility index (Phi) is 4.41. The highest BCUT2D eigenvalue weighted by atomic mass is 35.5. The van der Waals surface area contributed by atoms with Gasteiger partial charge in [-0.05, 0) is 24.3 Å². The molecule has 10 heteroatoms. The molecular formula is C15H8ClF3N4O2. The zero-order valence-electron chi connectivity index (χ0n) is 12.2. The Morgan fingerprint density at radius 2 is 1.92 bits per heavy atom. The van der Waals surface area contributed by atoms with Gasteiger partial charge in [-0.2, -0.15) is 23.0 Å². The third-order valence-electron chi connectivity index (χ3n) is 3.04. The van der Waals surface area contributed by atoms with E-state index in [0.29, 0.717) is 11.9 Å². The predicted molar refractivity (Wildman–Crippen MR) is 82.0 cm³/mol. The minimum absolute atomic E-state index is 0.0113. The quantitative estimate of drug-likeness (QED) is 0.707. The summed E-state index contributed by atoms with van der Waals surface area (Å²) in [6, 6.07) is 5.05. The third-order valence-corrected chi connectivity index (χ3v) is 3.39. The minimum Gasteiger partial charge on any atom is -0.452 e. The van der Waals surface area contributed by atoms with Gasteiger partial charge in [-0.15, -0.1) is 0 Å². The van der Waals surface area contributed by atoms with Crippen LogP contribution in [-0.4, -0.2) is 19.7 Å². The summed E-state index contributed by atoms with van der Waals surface area (Å²) in [5.74, 6) is 0.228. The first kappa shape index (κ1) is 16.9. The van der Waals surface area contributed by atoms with E-state index in [2.05, 4.69) is 15.1 Å². The smallest absolute Gasteiger partial charge is 0.417 e. The third kappa shape index (κ3) is 3.61. The average Bonchev–Trinajstić information content (AvgIpc) is 2.59. The van der Waals surface area contributed by atoms with Crippen molar-refractivity contribution in [1.29, 1.82) is 0 Å². The molecule has 0 aliphatic heterocycles. The van der Waals surface area contributed by atoms with E-state index in [1.54, 1.807) is 18.3 Å². The fourth-order valence-corrected chi connectivity index (χ4v) is 2.03. The molecule has 0 aliphatic rings. The summed E-state index contributed by atoms with van der Waals surface area (Å²) >= 11 is 5.98. The van der Waals surface area contributed by atoms with Crippen LogP contribution in [0.25, 0.3) is 5.82 Å².